The maximum atomic E-state index is 11.0. The first-order valence-electron chi connectivity index (χ1n) is 5.36. The van der Waals surface area contributed by atoms with Crippen molar-refractivity contribution in [3.63, 3.8) is 0 Å². The topological polar surface area (TPSA) is 52.6 Å². The molecule has 4 nitrogen and oxygen atoms in total. The van der Waals surface area contributed by atoms with E-state index in [0.29, 0.717) is 18.5 Å². The lowest BCUT2D eigenvalue weighted by Crippen LogP contribution is -2.40. The van der Waals surface area contributed by atoms with Crippen LogP contribution in [0.15, 0.2) is 0 Å². The van der Waals surface area contributed by atoms with Crippen molar-refractivity contribution in [2.75, 3.05) is 13.1 Å². The maximum Gasteiger partial charge on any atom is 0.220 e. The highest BCUT2D eigenvalue weighted by atomic mass is 16.3. The third kappa shape index (κ3) is 2.07. The van der Waals surface area contributed by atoms with Crippen molar-refractivity contribution >= 4 is 5.91 Å². The first-order chi connectivity index (χ1) is 6.65. The Balaban J connectivity index is 1.82. The summed E-state index contributed by atoms with van der Waals surface area (Å²) in [4.78, 5) is 13.3. The molecule has 2 aliphatic heterocycles. The molecule has 14 heavy (non-hydrogen) atoms. The molecule has 2 heterocycles. The predicted molar refractivity (Wildman–Crippen MR) is 52.8 cm³/mol. The first kappa shape index (κ1) is 9.93. The molecule has 80 valence electrons. The molecule has 0 radical (unpaired) electrons. The number of aliphatic hydroxyl groups is 1. The second kappa shape index (κ2) is 3.87. The van der Waals surface area contributed by atoms with E-state index >= 15 is 0 Å². The molecule has 2 fully saturated rings. The van der Waals surface area contributed by atoms with E-state index in [1.54, 1.807) is 0 Å². The lowest BCUT2D eigenvalue weighted by molar-refractivity contribution is -0.119. The fraction of sp³-hybridized carbons (Fsp3) is 0.900. The van der Waals surface area contributed by atoms with Crippen molar-refractivity contribution in [2.45, 2.75) is 44.4 Å². The maximum absolute atomic E-state index is 11.0. The smallest absolute Gasteiger partial charge is 0.220 e. The molecule has 1 amide bonds. The fourth-order valence-corrected chi connectivity index (χ4v) is 2.42. The number of hydrogen-bond donors (Lipinski definition) is 2. The monoisotopic (exact) mass is 198 g/mol. The molecular formula is C10H18N2O2. The van der Waals surface area contributed by atoms with E-state index in [9.17, 15) is 9.90 Å². The minimum atomic E-state index is -0.179. The molecule has 3 unspecified atom stereocenters. The second-order valence-electron chi connectivity index (χ2n) is 4.50. The first-order valence-corrected chi connectivity index (χ1v) is 5.36. The number of aliphatic hydroxyl groups excluding tert-OH is 1. The van der Waals surface area contributed by atoms with Crippen molar-refractivity contribution in [3.05, 3.63) is 0 Å². The van der Waals surface area contributed by atoms with Crippen molar-refractivity contribution in [1.82, 2.24) is 10.2 Å². The number of nitrogens with one attached hydrogen (secondary N) is 1. The van der Waals surface area contributed by atoms with Gasteiger partial charge < -0.3 is 10.4 Å². The summed E-state index contributed by atoms with van der Waals surface area (Å²) in [6.07, 6.45) is 2.29. The van der Waals surface area contributed by atoms with Crippen LogP contribution in [0.3, 0.4) is 0 Å². The number of carbonyl (C=O) groups excluding carboxylic acids is 1. The van der Waals surface area contributed by atoms with Crippen molar-refractivity contribution in [1.29, 1.82) is 0 Å². The van der Waals surface area contributed by atoms with Gasteiger partial charge in [0.1, 0.15) is 0 Å². The Kier molecular flexibility index (Phi) is 2.74. The van der Waals surface area contributed by atoms with Crippen LogP contribution in [0.4, 0.5) is 0 Å². The largest absolute Gasteiger partial charge is 0.392 e. The molecule has 3 atom stereocenters. The molecule has 0 spiro atoms. The Morgan fingerprint density at radius 3 is 2.93 bits per heavy atom. The van der Waals surface area contributed by atoms with Gasteiger partial charge in [-0.1, -0.05) is 0 Å². The summed E-state index contributed by atoms with van der Waals surface area (Å²) in [5.74, 6) is 0.169. The standard InChI is InChI=1S/C10H18N2O2/c1-7-4-9(13)6-12(7)5-8-2-3-10(14)11-8/h7-9,13H,2-6H2,1H3,(H,11,14). The molecule has 0 aromatic heterocycles. The number of hydrogen-bond acceptors (Lipinski definition) is 3. The van der Waals surface area contributed by atoms with Gasteiger partial charge in [-0.2, -0.15) is 0 Å². The van der Waals surface area contributed by atoms with Crippen LogP contribution in [0.25, 0.3) is 0 Å². The van der Waals surface area contributed by atoms with Crippen LogP contribution in [0.1, 0.15) is 26.2 Å². The number of likely N-dealkylation sites (tertiary alicyclic amines) is 1. The highest BCUT2D eigenvalue weighted by molar-refractivity contribution is 5.78. The Hall–Kier alpha value is -0.610. The average Bonchev–Trinajstić information content (AvgIpc) is 2.61. The highest BCUT2D eigenvalue weighted by Crippen LogP contribution is 2.19. The zero-order valence-electron chi connectivity index (χ0n) is 8.57. The van der Waals surface area contributed by atoms with E-state index in [2.05, 4.69) is 17.1 Å². The van der Waals surface area contributed by atoms with E-state index < -0.39 is 0 Å². The van der Waals surface area contributed by atoms with Crippen LogP contribution in [0.5, 0.6) is 0 Å². The predicted octanol–water partition coefficient (Wildman–Crippen LogP) is -0.280. The molecule has 0 aromatic carbocycles. The number of β-amino-alcohol motifs (C(OH)–C–C–N with tert-alkyl or cyclic N) is 1. The summed E-state index contributed by atoms with van der Waals surface area (Å²) in [5.41, 5.74) is 0. The Bertz CT molecular complexity index is 232. The number of nitrogens with zero attached hydrogens (tertiary/aromatic N) is 1. The van der Waals surface area contributed by atoms with Gasteiger partial charge in [0.05, 0.1) is 6.10 Å². The highest BCUT2D eigenvalue weighted by Gasteiger charge is 2.31. The van der Waals surface area contributed by atoms with Gasteiger partial charge in [0.2, 0.25) is 5.91 Å². The molecule has 4 heteroatoms. The molecule has 0 bridgehead atoms. The molecule has 2 saturated heterocycles. The van der Waals surface area contributed by atoms with Crippen LogP contribution in [-0.2, 0) is 4.79 Å². The zero-order chi connectivity index (χ0) is 10.1. The molecule has 0 aromatic rings. The number of carbonyl (C=O) groups is 1. The Morgan fingerprint density at radius 2 is 2.43 bits per heavy atom. The Labute approximate surface area is 84.3 Å². The summed E-state index contributed by atoms with van der Waals surface area (Å²) in [7, 11) is 0. The van der Waals surface area contributed by atoms with Gasteiger partial charge in [0.25, 0.3) is 0 Å². The van der Waals surface area contributed by atoms with Crippen LogP contribution < -0.4 is 5.32 Å². The van der Waals surface area contributed by atoms with E-state index in [4.69, 9.17) is 0 Å². The SMILES string of the molecule is CC1CC(O)CN1CC1CCC(=O)N1. The zero-order valence-corrected chi connectivity index (χ0v) is 8.57. The van der Waals surface area contributed by atoms with Crippen LogP contribution in [-0.4, -0.2) is 47.2 Å². The third-order valence-electron chi connectivity index (χ3n) is 3.22. The van der Waals surface area contributed by atoms with E-state index in [1.807, 2.05) is 0 Å². The number of amides is 1. The molecular weight excluding hydrogens is 180 g/mol. The van der Waals surface area contributed by atoms with Crippen molar-refractivity contribution in [3.8, 4) is 0 Å². The van der Waals surface area contributed by atoms with Crippen LogP contribution in [0, 0.1) is 0 Å². The van der Waals surface area contributed by atoms with Gasteiger partial charge in [-0.3, -0.25) is 9.69 Å². The molecule has 0 saturated carbocycles. The van der Waals surface area contributed by atoms with Crippen molar-refractivity contribution in [2.24, 2.45) is 0 Å². The van der Waals surface area contributed by atoms with E-state index in [1.165, 1.54) is 0 Å². The lowest BCUT2D eigenvalue weighted by atomic mass is 10.2. The normalized spacial score (nSPS) is 39.0. The van der Waals surface area contributed by atoms with Gasteiger partial charge in [0.15, 0.2) is 0 Å². The minimum Gasteiger partial charge on any atom is -0.392 e. The fourth-order valence-electron chi connectivity index (χ4n) is 2.42. The third-order valence-corrected chi connectivity index (χ3v) is 3.22. The summed E-state index contributed by atoms with van der Waals surface area (Å²) >= 11 is 0. The second-order valence-corrected chi connectivity index (χ2v) is 4.50. The van der Waals surface area contributed by atoms with Gasteiger partial charge >= 0.3 is 0 Å². The molecule has 2 aliphatic rings. The van der Waals surface area contributed by atoms with Gasteiger partial charge in [-0.05, 0) is 19.8 Å². The lowest BCUT2D eigenvalue weighted by Gasteiger charge is -2.24. The quantitative estimate of drug-likeness (QED) is 0.641. The van der Waals surface area contributed by atoms with Crippen molar-refractivity contribution < 1.29 is 9.90 Å². The molecule has 2 N–H and O–H groups in total. The Morgan fingerprint density at radius 1 is 1.64 bits per heavy atom. The van der Waals surface area contributed by atoms with Crippen LogP contribution >= 0.6 is 0 Å². The number of rotatable bonds is 2. The summed E-state index contributed by atoms with van der Waals surface area (Å²) in [5, 5.41) is 12.4. The van der Waals surface area contributed by atoms with E-state index in [-0.39, 0.29) is 12.0 Å². The summed E-state index contributed by atoms with van der Waals surface area (Å²) in [6.45, 7) is 3.78. The summed E-state index contributed by atoms with van der Waals surface area (Å²) < 4.78 is 0. The molecule has 0 aliphatic carbocycles. The van der Waals surface area contributed by atoms with Crippen LogP contribution in [0.2, 0.25) is 0 Å². The molecule has 2 rings (SSSR count). The van der Waals surface area contributed by atoms with Gasteiger partial charge in [-0.15, -0.1) is 0 Å². The summed E-state index contributed by atoms with van der Waals surface area (Å²) in [6, 6.07) is 0.748. The average molecular weight is 198 g/mol. The minimum absolute atomic E-state index is 0.169. The van der Waals surface area contributed by atoms with E-state index in [0.717, 1.165) is 25.9 Å². The van der Waals surface area contributed by atoms with Gasteiger partial charge in [0, 0.05) is 31.6 Å². The van der Waals surface area contributed by atoms with Gasteiger partial charge in [-0.25, -0.2) is 0 Å².